The lowest BCUT2D eigenvalue weighted by atomic mass is 10.1. The van der Waals surface area contributed by atoms with Crippen molar-refractivity contribution in [3.05, 3.63) is 65.2 Å². The monoisotopic (exact) mass is 294 g/mol. The van der Waals surface area contributed by atoms with Crippen molar-refractivity contribution >= 4 is 17.5 Å². The summed E-state index contributed by atoms with van der Waals surface area (Å²) in [6, 6.07) is 15.2. The minimum absolute atomic E-state index is 0.0586. The van der Waals surface area contributed by atoms with Gasteiger partial charge in [0.2, 0.25) is 5.91 Å². The minimum atomic E-state index is -0.0586. The molecule has 0 unspecified atom stereocenters. The molecule has 2 aromatic carbocycles. The summed E-state index contributed by atoms with van der Waals surface area (Å²) in [5.41, 5.74) is 3.86. The third-order valence-corrected chi connectivity index (χ3v) is 3.96. The molecule has 4 nitrogen and oxygen atoms in total. The maximum absolute atomic E-state index is 11.9. The molecule has 0 bridgehead atoms. The van der Waals surface area contributed by atoms with Gasteiger partial charge < -0.3 is 10.2 Å². The molecule has 0 aliphatic carbocycles. The van der Waals surface area contributed by atoms with Gasteiger partial charge in [-0.2, -0.15) is 0 Å². The van der Waals surface area contributed by atoms with Crippen LogP contribution in [0.1, 0.15) is 21.5 Å². The van der Waals surface area contributed by atoms with Crippen LogP contribution in [0.4, 0.5) is 5.69 Å². The van der Waals surface area contributed by atoms with Crippen LogP contribution in [0.5, 0.6) is 0 Å². The average molecular weight is 294 g/mol. The summed E-state index contributed by atoms with van der Waals surface area (Å²) in [7, 11) is 1.80. The van der Waals surface area contributed by atoms with Crippen molar-refractivity contribution in [2.45, 2.75) is 12.8 Å². The predicted octanol–water partition coefficient (Wildman–Crippen LogP) is 2.18. The zero-order chi connectivity index (χ0) is 15.5. The topological polar surface area (TPSA) is 49.4 Å². The van der Waals surface area contributed by atoms with Crippen molar-refractivity contribution < 1.29 is 9.59 Å². The number of fused-ring (bicyclic) bond motifs is 1. The Morgan fingerprint density at radius 3 is 2.73 bits per heavy atom. The largest absolute Gasteiger partial charge is 0.352 e. The van der Waals surface area contributed by atoms with Crippen LogP contribution in [-0.4, -0.2) is 25.4 Å². The Bertz CT molecular complexity index is 710. The highest BCUT2D eigenvalue weighted by Crippen LogP contribution is 2.28. The first-order valence-corrected chi connectivity index (χ1v) is 7.37. The normalized spacial score (nSPS) is 13.1. The Kier molecular flexibility index (Phi) is 3.92. The molecular weight excluding hydrogens is 276 g/mol. The highest BCUT2D eigenvalue weighted by atomic mass is 16.2. The molecule has 3 rings (SSSR count). The lowest BCUT2D eigenvalue weighted by Crippen LogP contribution is -2.25. The van der Waals surface area contributed by atoms with Crippen LogP contribution in [0.25, 0.3) is 0 Å². The number of rotatable bonds is 4. The van der Waals surface area contributed by atoms with E-state index in [0.29, 0.717) is 18.5 Å². The molecular formula is C18H18N2O2. The van der Waals surface area contributed by atoms with Gasteiger partial charge in [0, 0.05) is 24.8 Å². The van der Waals surface area contributed by atoms with Gasteiger partial charge >= 0.3 is 0 Å². The van der Waals surface area contributed by atoms with Crippen molar-refractivity contribution in [2.24, 2.45) is 0 Å². The predicted molar refractivity (Wildman–Crippen MR) is 86.0 cm³/mol. The molecule has 1 aliphatic heterocycles. The number of benzene rings is 2. The van der Waals surface area contributed by atoms with E-state index in [9.17, 15) is 9.59 Å². The number of amides is 2. The lowest BCUT2D eigenvalue weighted by molar-refractivity contribution is -0.117. The molecule has 0 saturated heterocycles. The summed E-state index contributed by atoms with van der Waals surface area (Å²) in [4.78, 5) is 25.3. The van der Waals surface area contributed by atoms with Gasteiger partial charge in [0.1, 0.15) is 0 Å². The first-order valence-electron chi connectivity index (χ1n) is 7.37. The molecule has 2 aromatic rings. The van der Waals surface area contributed by atoms with Gasteiger partial charge in [0.25, 0.3) is 5.91 Å². The highest BCUT2D eigenvalue weighted by Gasteiger charge is 2.23. The van der Waals surface area contributed by atoms with E-state index in [4.69, 9.17) is 0 Å². The van der Waals surface area contributed by atoms with E-state index < -0.39 is 0 Å². The van der Waals surface area contributed by atoms with Crippen molar-refractivity contribution in [1.82, 2.24) is 5.32 Å². The van der Waals surface area contributed by atoms with Gasteiger partial charge in [-0.25, -0.2) is 0 Å². The van der Waals surface area contributed by atoms with E-state index in [0.717, 1.165) is 23.2 Å². The molecule has 0 aromatic heterocycles. The standard InChI is InChI=1S/C18H18N2O2/c1-20-16-8-7-13(11-15(16)12-17(20)21)9-10-19-18(22)14-5-3-2-4-6-14/h2-8,11H,9-10,12H2,1H3,(H,19,22). The third kappa shape index (κ3) is 2.86. The van der Waals surface area contributed by atoms with Crippen LogP contribution in [-0.2, 0) is 17.6 Å². The van der Waals surface area contributed by atoms with E-state index in [1.165, 1.54) is 0 Å². The Morgan fingerprint density at radius 2 is 1.95 bits per heavy atom. The molecule has 0 spiro atoms. The van der Waals surface area contributed by atoms with Crippen molar-refractivity contribution in [1.29, 1.82) is 0 Å². The maximum atomic E-state index is 11.9. The Balaban J connectivity index is 1.58. The van der Waals surface area contributed by atoms with Crippen molar-refractivity contribution in [2.75, 3.05) is 18.5 Å². The smallest absolute Gasteiger partial charge is 0.251 e. The van der Waals surface area contributed by atoms with Crippen molar-refractivity contribution in [3.63, 3.8) is 0 Å². The summed E-state index contributed by atoms with van der Waals surface area (Å²) in [6.45, 7) is 0.580. The average Bonchev–Trinajstić information content (AvgIpc) is 2.82. The zero-order valence-electron chi connectivity index (χ0n) is 12.5. The Morgan fingerprint density at radius 1 is 1.18 bits per heavy atom. The van der Waals surface area contributed by atoms with Gasteiger partial charge in [-0.1, -0.05) is 30.3 Å². The van der Waals surface area contributed by atoms with Gasteiger partial charge in [0.15, 0.2) is 0 Å². The molecule has 112 valence electrons. The third-order valence-electron chi connectivity index (χ3n) is 3.96. The van der Waals surface area contributed by atoms with Crippen molar-refractivity contribution in [3.8, 4) is 0 Å². The summed E-state index contributed by atoms with van der Waals surface area (Å²) in [5.74, 6) is 0.0706. The van der Waals surface area contributed by atoms with Crippen LogP contribution in [0, 0.1) is 0 Å². The molecule has 22 heavy (non-hydrogen) atoms. The van der Waals surface area contributed by atoms with Gasteiger partial charge in [0.05, 0.1) is 6.42 Å². The number of anilines is 1. The number of hydrogen-bond donors (Lipinski definition) is 1. The molecule has 1 heterocycles. The molecule has 1 aliphatic rings. The van der Waals surface area contributed by atoms with E-state index >= 15 is 0 Å². The van der Waals surface area contributed by atoms with Gasteiger partial charge in [-0.05, 0) is 35.7 Å². The van der Waals surface area contributed by atoms with Crippen LogP contribution < -0.4 is 10.2 Å². The summed E-state index contributed by atoms with van der Waals surface area (Å²) in [5, 5.41) is 2.92. The highest BCUT2D eigenvalue weighted by molar-refractivity contribution is 6.00. The number of carbonyl (C=O) groups excluding carboxylic acids is 2. The van der Waals surface area contributed by atoms with E-state index in [1.807, 2.05) is 30.3 Å². The summed E-state index contributed by atoms with van der Waals surface area (Å²) < 4.78 is 0. The molecule has 0 atom stereocenters. The number of nitrogens with zero attached hydrogens (tertiary/aromatic N) is 1. The first kappa shape index (κ1) is 14.3. The van der Waals surface area contributed by atoms with Gasteiger partial charge in [-0.15, -0.1) is 0 Å². The lowest BCUT2D eigenvalue weighted by Gasteiger charge is -2.11. The number of hydrogen-bond acceptors (Lipinski definition) is 2. The fourth-order valence-electron chi connectivity index (χ4n) is 2.69. The van der Waals surface area contributed by atoms with E-state index in [1.54, 1.807) is 24.1 Å². The molecule has 4 heteroatoms. The fraction of sp³-hybridized carbons (Fsp3) is 0.222. The summed E-state index contributed by atoms with van der Waals surface area (Å²) >= 11 is 0. The minimum Gasteiger partial charge on any atom is -0.352 e. The zero-order valence-corrected chi connectivity index (χ0v) is 12.5. The van der Waals surface area contributed by atoms with Gasteiger partial charge in [-0.3, -0.25) is 9.59 Å². The van der Waals surface area contributed by atoms with Crippen LogP contribution in [0.2, 0.25) is 0 Å². The molecule has 2 amide bonds. The number of likely N-dealkylation sites (N-methyl/N-ethyl adjacent to an activating group) is 1. The number of carbonyl (C=O) groups is 2. The van der Waals surface area contributed by atoms with E-state index in [2.05, 4.69) is 11.4 Å². The quantitative estimate of drug-likeness (QED) is 0.939. The van der Waals surface area contributed by atoms with Crippen LogP contribution in [0.3, 0.4) is 0 Å². The number of nitrogens with one attached hydrogen (secondary N) is 1. The van der Waals surface area contributed by atoms with Crippen LogP contribution >= 0.6 is 0 Å². The fourth-order valence-corrected chi connectivity index (χ4v) is 2.69. The second-order valence-corrected chi connectivity index (χ2v) is 5.46. The van der Waals surface area contributed by atoms with E-state index in [-0.39, 0.29) is 11.8 Å². The maximum Gasteiger partial charge on any atom is 0.251 e. The molecule has 0 fully saturated rings. The molecule has 1 N–H and O–H groups in total. The Labute approximate surface area is 129 Å². The summed E-state index contributed by atoms with van der Waals surface area (Å²) in [6.07, 6.45) is 1.22. The molecule has 0 saturated carbocycles. The second-order valence-electron chi connectivity index (χ2n) is 5.46. The Hall–Kier alpha value is -2.62. The first-order chi connectivity index (χ1) is 10.6. The van der Waals surface area contributed by atoms with Crippen LogP contribution in [0.15, 0.2) is 48.5 Å². The molecule has 0 radical (unpaired) electrons. The SMILES string of the molecule is CN1C(=O)Cc2cc(CCNC(=O)c3ccccc3)ccc21. The second kappa shape index (κ2) is 6.02.